The van der Waals surface area contributed by atoms with Crippen LogP contribution in [0.3, 0.4) is 0 Å². The third kappa shape index (κ3) is 2.37. The van der Waals surface area contributed by atoms with E-state index in [1.807, 2.05) is 44.2 Å². The zero-order valence-corrected chi connectivity index (χ0v) is 9.42. The summed E-state index contributed by atoms with van der Waals surface area (Å²) < 4.78 is 0. The molecule has 3 nitrogen and oxygen atoms in total. The lowest BCUT2D eigenvalue weighted by molar-refractivity contribution is 0.0874. The summed E-state index contributed by atoms with van der Waals surface area (Å²) in [5, 5.41) is 5.03. The van der Waals surface area contributed by atoms with Gasteiger partial charge in [0.25, 0.3) is 0 Å². The monoisotopic (exact) mass is 214 g/mol. The maximum atomic E-state index is 5.14. The van der Waals surface area contributed by atoms with Crippen LogP contribution >= 0.6 is 0 Å². The lowest BCUT2D eigenvalue weighted by atomic mass is 10.1. The minimum atomic E-state index is 0.0965. The van der Waals surface area contributed by atoms with Crippen molar-refractivity contribution in [2.45, 2.75) is 20.0 Å². The van der Waals surface area contributed by atoms with Gasteiger partial charge >= 0.3 is 0 Å². The van der Waals surface area contributed by atoms with Crippen LogP contribution in [-0.2, 0) is 4.84 Å². The van der Waals surface area contributed by atoms with Crippen LogP contribution in [0.2, 0.25) is 0 Å². The van der Waals surface area contributed by atoms with Gasteiger partial charge in [-0.05, 0) is 19.9 Å². The van der Waals surface area contributed by atoms with Crippen molar-refractivity contribution in [2.24, 2.45) is 5.16 Å². The van der Waals surface area contributed by atoms with Crippen LogP contribution in [0.25, 0.3) is 10.9 Å². The quantitative estimate of drug-likeness (QED) is 0.581. The highest BCUT2D eigenvalue weighted by Crippen LogP contribution is 2.14. The van der Waals surface area contributed by atoms with E-state index in [0.717, 1.165) is 16.5 Å². The second kappa shape index (κ2) is 4.75. The Bertz CT molecular complexity index is 501. The number of nitrogens with zero attached hydrogens (tertiary/aromatic N) is 2. The van der Waals surface area contributed by atoms with Crippen LogP contribution in [-0.4, -0.2) is 17.3 Å². The van der Waals surface area contributed by atoms with Gasteiger partial charge in [0.1, 0.15) is 6.10 Å². The minimum absolute atomic E-state index is 0.0965. The predicted molar refractivity (Wildman–Crippen MR) is 65.6 cm³/mol. The number of aromatic nitrogens is 1. The van der Waals surface area contributed by atoms with Crippen molar-refractivity contribution in [3.63, 3.8) is 0 Å². The van der Waals surface area contributed by atoms with Crippen LogP contribution in [0.15, 0.2) is 41.7 Å². The van der Waals surface area contributed by atoms with Crippen molar-refractivity contribution in [3.8, 4) is 0 Å². The maximum absolute atomic E-state index is 5.14. The third-order valence-electron chi connectivity index (χ3n) is 2.13. The van der Waals surface area contributed by atoms with Crippen LogP contribution in [0.4, 0.5) is 0 Å². The standard InChI is InChI=1S/C13H14N2O/c1-10(2)16-15-9-12-6-3-5-11-7-4-8-14-13(11)12/h3-10H,1-2H3/b15-9+. The molecule has 0 N–H and O–H groups in total. The first kappa shape index (κ1) is 10.6. The molecule has 0 saturated heterocycles. The summed E-state index contributed by atoms with van der Waals surface area (Å²) in [6.07, 6.45) is 3.58. The Hall–Kier alpha value is -1.90. The molecule has 0 aliphatic rings. The van der Waals surface area contributed by atoms with E-state index in [2.05, 4.69) is 10.1 Å². The smallest absolute Gasteiger partial charge is 0.122 e. The molecule has 0 amide bonds. The molecule has 3 heteroatoms. The van der Waals surface area contributed by atoms with E-state index in [9.17, 15) is 0 Å². The number of pyridine rings is 1. The SMILES string of the molecule is CC(C)O/N=C/c1cccc2cccnc12. The number of hydrogen-bond acceptors (Lipinski definition) is 3. The van der Waals surface area contributed by atoms with Gasteiger partial charge < -0.3 is 4.84 Å². The fourth-order valence-electron chi connectivity index (χ4n) is 1.44. The van der Waals surface area contributed by atoms with Gasteiger partial charge in [-0.1, -0.05) is 29.4 Å². The van der Waals surface area contributed by atoms with Crippen molar-refractivity contribution >= 4 is 17.1 Å². The Balaban J connectivity index is 2.34. The van der Waals surface area contributed by atoms with E-state index in [4.69, 9.17) is 4.84 Å². The first-order chi connectivity index (χ1) is 7.77. The molecule has 82 valence electrons. The maximum Gasteiger partial charge on any atom is 0.122 e. The Morgan fingerprint density at radius 2 is 2.06 bits per heavy atom. The summed E-state index contributed by atoms with van der Waals surface area (Å²) in [6.45, 7) is 3.89. The Labute approximate surface area is 94.8 Å². The van der Waals surface area contributed by atoms with Gasteiger partial charge in [-0.3, -0.25) is 4.98 Å². The number of oxime groups is 1. The van der Waals surface area contributed by atoms with Gasteiger partial charge in [-0.15, -0.1) is 0 Å². The van der Waals surface area contributed by atoms with E-state index >= 15 is 0 Å². The Kier molecular flexibility index (Phi) is 3.15. The zero-order valence-electron chi connectivity index (χ0n) is 9.42. The summed E-state index contributed by atoms with van der Waals surface area (Å²) in [6, 6.07) is 9.95. The second-order valence-electron chi connectivity index (χ2n) is 3.81. The molecular formula is C13H14N2O. The molecule has 0 spiro atoms. The molecule has 0 atom stereocenters. The van der Waals surface area contributed by atoms with E-state index in [1.54, 1.807) is 12.4 Å². The van der Waals surface area contributed by atoms with Crippen LogP contribution in [0.5, 0.6) is 0 Å². The first-order valence-electron chi connectivity index (χ1n) is 5.30. The molecule has 1 aromatic carbocycles. The van der Waals surface area contributed by atoms with Crippen molar-refractivity contribution in [1.29, 1.82) is 0 Å². The van der Waals surface area contributed by atoms with Crippen molar-refractivity contribution < 1.29 is 4.84 Å². The predicted octanol–water partition coefficient (Wildman–Crippen LogP) is 2.99. The molecule has 0 radical (unpaired) electrons. The topological polar surface area (TPSA) is 34.5 Å². The van der Waals surface area contributed by atoms with E-state index < -0.39 is 0 Å². The fourth-order valence-corrected chi connectivity index (χ4v) is 1.44. The minimum Gasteiger partial charge on any atom is -0.393 e. The van der Waals surface area contributed by atoms with Crippen LogP contribution < -0.4 is 0 Å². The molecule has 0 unspecified atom stereocenters. The van der Waals surface area contributed by atoms with Gasteiger partial charge in [0.05, 0.1) is 11.7 Å². The molecule has 2 rings (SSSR count). The molecule has 1 heterocycles. The second-order valence-corrected chi connectivity index (χ2v) is 3.81. The summed E-state index contributed by atoms with van der Waals surface area (Å²) in [5.74, 6) is 0. The number of benzene rings is 1. The molecule has 2 aromatic rings. The van der Waals surface area contributed by atoms with Crippen molar-refractivity contribution in [2.75, 3.05) is 0 Å². The Morgan fingerprint density at radius 3 is 2.88 bits per heavy atom. The lowest BCUT2D eigenvalue weighted by Gasteiger charge is -2.02. The summed E-state index contributed by atoms with van der Waals surface area (Å²) in [5.41, 5.74) is 1.92. The summed E-state index contributed by atoms with van der Waals surface area (Å²) in [7, 11) is 0. The average molecular weight is 214 g/mol. The van der Waals surface area contributed by atoms with Crippen molar-refractivity contribution in [3.05, 3.63) is 42.1 Å². The molecule has 0 fully saturated rings. The summed E-state index contributed by atoms with van der Waals surface area (Å²) in [4.78, 5) is 9.47. The molecule has 0 bridgehead atoms. The van der Waals surface area contributed by atoms with Gasteiger partial charge in [0.15, 0.2) is 0 Å². The Morgan fingerprint density at radius 1 is 1.25 bits per heavy atom. The average Bonchev–Trinajstić information content (AvgIpc) is 2.29. The number of rotatable bonds is 3. The van der Waals surface area contributed by atoms with Crippen LogP contribution in [0.1, 0.15) is 19.4 Å². The number of fused-ring (bicyclic) bond motifs is 1. The molecule has 0 aliphatic carbocycles. The van der Waals surface area contributed by atoms with E-state index in [1.165, 1.54) is 0 Å². The van der Waals surface area contributed by atoms with Gasteiger partial charge in [0.2, 0.25) is 0 Å². The highest BCUT2D eigenvalue weighted by Gasteiger charge is 1.98. The molecule has 0 saturated carbocycles. The summed E-state index contributed by atoms with van der Waals surface area (Å²) >= 11 is 0. The highest BCUT2D eigenvalue weighted by molar-refractivity contribution is 5.97. The molecular weight excluding hydrogens is 200 g/mol. The normalized spacial score (nSPS) is 11.4. The van der Waals surface area contributed by atoms with Gasteiger partial charge in [-0.25, -0.2) is 0 Å². The number of para-hydroxylation sites is 1. The molecule has 0 aliphatic heterocycles. The van der Waals surface area contributed by atoms with E-state index in [0.29, 0.717) is 0 Å². The largest absolute Gasteiger partial charge is 0.393 e. The molecule has 16 heavy (non-hydrogen) atoms. The zero-order chi connectivity index (χ0) is 11.4. The van der Waals surface area contributed by atoms with Gasteiger partial charge in [-0.2, -0.15) is 0 Å². The third-order valence-corrected chi connectivity index (χ3v) is 2.13. The van der Waals surface area contributed by atoms with E-state index in [-0.39, 0.29) is 6.10 Å². The lowest BCUT2D eigenvalue weighted by Crippen LogP contribution is -1.96. The first-order valence-corrected chi connectivity index (χ1v) is 5.30. The van der Waals surface area contributed by atoms with Gasteiger partial charge in [0, 0.05) is 17.1 Å². The highest BCUT2D eigenvalue weighted by atomic mass is 16.6. The number of hydrogen-bond donors (Lipinski definition) is 0. The fraction of sp³-hybridized carbons (Fsp3) is 0.231. The van der Waals surface area contributed by atoms with Crippen molar-refractivity contribution in [1.82, 2.24) is 4.98 Å². The van der Waals surface area contributed by atoms with Crippen LogP contribution in [0, 0.1) is 0 Å². The molecule has 1 aromatic heterocycles.